The zero-order chi connectivity index (χ0) is 28.7. The fraction of sp³-hybridized carbons (Fsp3) is 0.444. The maximum atomic E-state index is 6.34. The quantitative estimate of drug-likeness (QED) is 0.437. The van der Waals surface area contributed by atoms with Gasteiger partial charge in [-0.3, -0.25) is 10.3 Å². The molecule has 1 fully saturated rings. The monoisotopic (exact) mass is 549 g/mol. The molecule has 0 saturated heterocycles. The SMILES string of the molecule is C=CC1=NC2C(=C)[n+]3ccc(CC4CCCC4)cc3/C3=C(\CCC2c2ccccc21)N(C)[C@H](C)C(C)NCOC3=C. The molecule has 3 unspecified atom stereocenters. The molecule has 41 heavy (non-hydrogen) atoms. The van der Waals surface area contributed by atoms with Crippen LogP contribution in [0.2, 0.25) is 0 Å². The van der Waals surface area contributed by atoms with E-state index in [2.05, 4.69) is 91.4 Å². The molecular weight excluding hydrogens is 504 g/mol. The molecule has 0 bridgehead atoms. The Labute approximate surface area is 246 Å². The number of hydrogen-bond donors (Lipinski definition) is 1. The van der Waals surface area contributed by atoms with Gasteiger partial charge in [-0.15, -0.1) is 0 Å². The summed E-state index contributed by atoms with van der Waals surface area (Å²) in [5, 5.41) is 3.55. The fourth-order valence-corrected chi connectivity index (χ4v) is 7.43. The van der Waals surface area contributed by atoms with Gasteiger partial charge in [-0.25, -0.2) is 0 Å². The van der Waals surface area contributed by atoms with E-state index in [9.17, 15) is 0 Å². The maximum absolute atomic E-state index is 6.34. The van der Waals surface area contributed by atoms with Crippen LogP contribution in [-0.2, 0) is 11.2 Å². The Morgan fingerprint density at radius 1 is 1.12 bits per heavy atom. The van der Waals surface area contributed by atoms with E-state index < -0.39 is 0 Å². The van der Waals surface area contributed by atoms with Gasteiger partial charge >= 0.3 is 0 Å². The Balaban J connectivity index is 1.56. The first-order valence-corrected chi connectivity index (χ1v) is 15.4. The Morgan fingerprint density at radius 2 is 1.90 bits per heavy atom. The Morgan fingerprint density at radius 3 is 2.68 bits per heavy atom. The Bertz CT molecular complexity index is 1430. The van der Waals surface area contributed by atoms with Crippen LogP contribution in [0, 0.1) is 5.92 Å². The minimum Gasteiger partial charge on any atom is -0.478 e. The molecule has 1 saturated carbocycles. The van der Waals surface area contributed by atoms with Crippen LogP contribution in [-0.4, -0.2) is 42.5 Å². The van der Waals surface area contributed by atoms with Crippen molar-refractivity contribution in [3.8, 4) is 0 Å². The minimum absolute atomic E-state index is 0.0895. The van der Waals surface area contributed by atoms with Crippen LogP contribution in [0.25, 0.3) is 11.3 Å². The van der Waals surface area contributed by atoms with E-state index >= 15 is 0 Å². The number of hydrogen-bond acceptors (Lipinski definition) is 4. The summed E-state index contributed by atoms with van der Waals surface area (Å²) in [7, 11) is 2.23. The number of ether oxygens (including phenoxy) is 1. The summed E-state index contributed by atoms with van der Waals surface area (Å²) in [5.74, 6) is 1.67. The van der Waals surface area contributed by atoms with Crippen molar-refractivity contribution in [1.29, 1.82) is 0 Å². The predicted molar refractivity (Wildman–Crippen MR) is 168 cm³/mol. The summed E-state index contributed by atoms with van der Waals surface area (Å²) in [6.07, 6.45) is 12.4. The van der Waals surface area contributed by atoms with Gasteiger partial charge in [-0.2, -0.15) is 4.57 Å². The second-order valence-electron chi connectivity index (χ2n) is 12.4. The molecule has 4 aliphatic rings. The van der Waals surface area contributed by atoms with Crippen molar-refractivity contribution in [3.63, 3.8) is 0 Å². The lowest BCUT2D eigenvalue weighted by Gasteiger charge is -2.35. The lowest BCUT2D eigenvalue weighted by Crippen LogP contribution is -2.45. The number of allylic oxidation sites excluding steroid dienone is 3. The van der Waals surface area contributed by atoms with Crippen LogP contribution in [0.5, 0.6) is 0 Å². The highest BCUT2D eigenvalue weighted by molar-refractivity contribution is 6.10. The summed E-state index contributed by atoms with van der Waals surface area (Å²) in [4.78, 5) is 7.76. The molecule has 2 aromatic rings. The zero-order valence-corrected chi connectivity index (χ0v) is 25.0. The zero-order valence-electron chi connectivity index (χ0n) is 25.0. The molecule has 1 aromatic carbocycles. The molecule has 6 rings (SSSR count). The number of pyridine rings is 1. The van der Waals surface area contributed by atoms with Crippen LogP contribution < -0.4 is 9.88 Å². The molecule has 0 amide bonds. The van der Waals surface area contributed by atoms with Crippen LogP contribution in [0.4, 0.5) is 0 Å². The van der Waals surface area contributed by atoms with Gasteiger partial charge < -0.3 is 9.64 Å². The largest absolute Gasteiger partial charge is 0.478 e. The van der Waals surface area contributed by atoms with Crippen LogP contribution >= 0.6 is 0 Å². The molecule has 0 spiro atoms. The van der Waals surface area contributed by atoms with E-state index in [0.29, 0.717) is 12.5 Å². The van der Waals surface area contributed by atoms with Crippen LogP contribution in [0.15, 0.2) is 84.9 Å². The first-order chi connectivity index (χ1) is 19.9. The van der Waals surface area contributed by atoms with Gasteiger partial charge in [-0.1, -0.05) is 63.1 Å². The highest BCUT2D eigenvalue weighted by Crippen LogP contribution is 2.42. The van der Waals surface area contributed by atoms with Gasteiger partial charge in [0.05, 0.1) is 5.71 Å². The fourth-order valence-electron chi connectivity index (χ4n) is 7.43. The lowest BCUT2D eigenvalue weighted by atomic mass is 9.79. The van der Waals surface area contributed by atoms with E-state index in [-0.39, 0.29) is 24.0 Å². The number of aromatic nitrogens is 1. The third kappa shape index (κ3) is 5.10. The van der Waals surface area contributed by atoms with Gasteiger partial charge in [0.2, 0.25) is 11.4 Å². The Kier molecular flexibility index (Phi) is 7.74. The summed E-state index contributed by atoms with van der Waals surface area (Å²) in [5.41, 5.74) is 9.28. The molecule has 0 radical (unpaired) electrons. The first kappa shape index (κ1) is 27.7. The lowest BCUT2D eigenvalue weighted by molar-refractivity contribution is -0.586. The van der Waals surface area contributed by atoms with Gasteiger partial charge in [0.1, 0.15) is 24.1 Å². The van der Waals surface area contributed by atoms with Crippen molar-refractivity contribution in [1.82, 2.24) is 10.2 Å². The molecule has 4 heterocycles. The van der Waals surface area contributed by atoms with E-state index in [0.717, 1.165) is 47.9 Å². The normalized spacial score (nSPS) is 28.8. The van der Waals surface area contributed by atoms with Crippen molar-refractivity contribution >= 4 is 17.0 Å². The average Bonchev–Trinajstić information content (AvgIpc) is 3.51. The van der Waals surface area contributed by atoms with Crippen LogP contribution in [0.3, 0.4) is 0 Å². The molecule has 1 aliphatic carbocycles. The summed E-state index contributed by atoms with van der Waals surface area (Å²) < 4.78 is 8.61. The molecule has 5 heteroatoms. The number of likely N-dealkylation sites (N-methyl/N-ethyl adjacent to an activating group) is 1. The van der Waals surface area contributed by atoms with E-state index in [1.54, 1.807) is 0 Å². The van der Waals surface area contributed by atoms with Crippen molar-refractivity contribution in [2.45, 2.75) is 82.8 Å². The molecular formula is C36H45N4O+. The van der Waals surface area contributed by atoms with Crippen molar-refractivity contribution < 1.29 is 9.30 Å². The van der Waals surface area contributed by atoms with Crippen molar-refractivity contribution in [3.05, 3.63) is 102 Å². The number of nitrogens with one attached hydrogen (secondary N) is 1. The third-order valence-corrected chi connectivity index (χ3v) is 10.1. The number of benzene rings is 1. The number of aliphatic imine (C=N–C) groups is 1. The third-order valence-electron chi connectivity index (χ3n) is 10.1. The van der Waals surface area contributed by atoms with Gasteiger partial charge in [0, 0.05) is 48.4 Å². The highest BCUT2D eigenvalue weighted by Gasteiger charge is 2.41. The van der Waals surface area contributed by atoms with Gasteiger partial charge in [-0.05, 0) is 62.8 Å². The molecule has 3 aliphatic heterocycles. The molecule has 5 nitrogen and oxygen atoms in total. The van der Waals surface area contributed by atoms with E-state index in [4.69, 9.17) is 16.3 Å². The summed E-state index contributed by atoms with van der Waals surface area (Å²) in [6.45, 7) is 18.3. The highest BCUT2D eigenvalue weighted by atomic mass is 16.5. The van der Waals surface area contributed by atoms with Crippen LogP contribution in [0.1, 0.15) is 80.7 Å². The van der Waals surface area contributed by atoms with E-state index in [1.165, 1.54) is 48.1 Å². The van der Waals surface area contributed by atoms with Crippen molar-refractivity contribution in [2.75, 3.05) is 13.8 Å². The number of fused-ring (bicyclic) bond motifs is 5. The second kappa shape index (κ2) is 11.4. The predicted octanol–water partition coefficient (Wildman–Crippen LogP) is 6.62. The van der Waals surface area contributed by atoms with E-state index in [1.807, 2.05) is 6.08 Å². The Hall–Kier alpha value is -3.44. The number of nitrogens with zero attached hydrogens (tertiary/aromatic N) is 3. The summed E-state index contributed by atoms with van der Waals surface area (Å²) >= 11 is 0. The average molecular weight is 550 g/mol. The standard InChI is InChI=1S/C36H45N4O/c1-7-32-30-15-11-10-14-29(30)31-16-17-33-35(26(5)41-22-37-23(2)24(3)39(33)6)34-21-28(20-27-12-8-9-13-27)18-19-40(34)25(4)36(31)38-32/h7,10-11,14-15,18-19,21,23-24,27,31,36-37H,1,4-5,8-9,12-13,16-17,20,22H2,2-3,6H3/q+1/t23?,24-,31?,36?/m1/s1. The first-order valence-electron chi connectivity index (χ1n) is 15.4. The second-order valence-corrected chi connectivity index (χ2v) is 12.4. The minimum atomic E-state index is -0.0895. The molecule has 1 N–H and O–H groups in total. The van der Waals surface area contributed by atoms with Crippen molar-refractivity contribution in [2.24, 2.45) is 10.9 Å². The van der Waals surface area contributed by atoms with Gasteiger partial charge in [0.25, 0.3) is 0 Å². The smallest absolute Gasteiger partial charge is 0.223 e. The summed E-state index contributed by atoms with van der Waals surface area (Å²) in [6, 6.07) is 13.8. The molecule has 214 valence electrons. The number of rotatable bonds is 3. The topological polar surface area (TPSA) is 40.7 Å². The maximum Gasteiger partial charge on any atom is 0.223 e. The van der Waals surface area contributed by atoms with Gasteiger partial charge in [0.15, 0.2) is 6.20 Å². The molecule has 1 aromatic heterocycles. The molecule has 4 atom stereocenters.